The van der Waals surface area contributed by atoms with Crippen LogP contribution in [0, 0.1) is 0 Å². The second-order valence-corrected chi connectivity index (χ2v) is 3.70. The smallest absolute Gasteiger partial charge is 0.379 e. The Bertz CT molecular complexity index is 357. The number of hydrogen-bond acceptors (Lipinski definition) is 2. The highest BCUT2D eigenvalue weighted by molar-refractivity contribution is 6.29. The van der Waals surface area contributed by atoms with E-state index in [4.69, 9.17) is 16.3 Å². The number of alkyl halides is 3. The van der Waals surface area contributed by atoms with Crippen molar-refractivity contribution in [3.63, 3.8) is 0 Å². The summed E-state index contributed by atoms with van der Waals surface area (Å²) in [5.74, 6) is 0. The van der Waals surface area contributed by atoms with Crippen LogP contribution >= 0.6 is 11.6 Å². The van der Waals surface area contributed by atoms with Gasteiger partial charge in [-0.25, -0.2) is 4.68 Å². The lowest BCUT2D eigenvalue weighted by atomic mass is 10.3. The van der Waals surface area contributed by atoms with Crippen molar-refractivity contribution in [1.29, 1.82) is 0 Å². The Balaban J connectivity index is 2.29. The molecule has 1 atom stereocenters. The van der Waals surface area contributed by atoms with Gasteiger partial charge < -0.3 is 4.74 Å². The van der Waals surface area contributed by atoms with Crippen LogP contribution in [0.3, 0.4) is 0 Å². The van der Waals surface area contributed by atoms with Gasteiger partial charge in [-0.15, -0.1) is 0 Å². The molecule has 1 saturated heterocycles. The van der Waals surface area contributed by atoms with Crippen molar-refractivity contribution in [2.45, 2.75) is 18.6 Å². The van der Waals surface area contributed by atoms with Crippen LogP contribution in [0.5, 0.6) is 0 Å². The largest absolute Gasteiger partial charge is 0.435 e. The molecule has 1 aliphatic rings. The summed E-state index contributed by atoms with van der Waals surface area (Å²) in [6.45, 7) is 0.890. The molecule has 84 valence electrons. The highest BCUT2D eigenvalue weighted by Crippen LogP contribution is 2.32. The van der Waals surface area contributed by atoms with Crippen molar-refractivity contribution in [1.82, 2.24) is 9.78 Å². The molecule has 0 N–H and O–H groups in total. The van der Waals surface area contributed by atoms with E-state index < -0.39 is 11.9 Å². The van der Waals surface area contributed by atoms with Crippen LogP contribution in [0.15, 0.2) is 6.07 Å². The molecule has 2 heterocycles. The molecule has 7 heteroatoms. The molecule has 0 aromatic carbocycles. The van der Waals surface area contributed by atoms with Gasteiger partial charge in [-0.2, -0.15) is 18.3 Å². The average Bonchev–Trinajstić information content (AvgIpc) is 2.69. The van der Waals surface area contributed by atoms with E-state index in [0.29, 0.717) is 19.6 Å². The molecule has 0 radical (unpaired) electrons. The molecule has 1 fully saturated rings. The molecule has 1 aromatic rings. The zero-order valence-electron chi connectivity index (χ0n) is 7.59. The summed E-state index contributed by atoms with van der Waals surface area (Å²) in [5, 5.41) is 3.44. The van der Waals surface area contributed by atoms with E-state index in [1.807, 2.05) is 0 Å². The molecule has 0 aliphatic carbocycles. The summed E-state index contributed by atoms with van der Waals surface area (Å²) < 4.78 is 43.1. The predicted molar refractivity (Wildman–Crippen MR) is 46.7 cm³/mol. The molecule has 1 aromatic heterocycles. The van der Waals surface area contributed by atoms with Gasteiger partial charge in [-0.05, 0) is 6.42 Å². The molecule has 1 unspecified atom stereocenters. The summed E-state index contributed by atoms with van der Waals surface area (Å²) in [4.78, 5) is 0. The van der Waals surface area contributed by atoms with E-state index in [9.17, 15) is 13.2 Å². The van der Waals surface area contributed by atoms with Gasteiger partial charge >= 0.3 is 6.18 Å². The lowest BCUT2D eigenvalue weighted by Crippen LogP contribution is -2.13. The Morgan fingerprint density at radius 1 is 1.53 bits per heavy atom. The van der Waals surface area contributed by atoms with Crippen molar-refractivity contribution in [2.24, 2.45) is 0 Å². The van der Waals surface area contributed by atoms with Gasteiger partial charge in [0.15, 0.2) is 5.69 Å². The molecule has 0 spiro atoms. The van der Waals surface area contributed by atoms with E-state index in [0.717, 1.165) is 6.07 Å². The molecular weight excluding hydrogens is 233 g/mol. The van der Waals surface area contributed by atoms with Crippen LogP contribution in [0.25, 0.3) is 0 Å². The normalized spacial score (nSPS) is 22.3. The van der Waals surface area contributed by atoms with Gasteiger partial charge in [0.1, 0.15) is 5.15 Å². The van der Waals surface area contributed by atoms with Crippen LogP contribution in [-0.4, -0.2) is 23.0 Å². The molecule has 1 aliphatic heterocycles. The van der Waals surface area contributed by atoms with E-state index >= 15 is 0 Å². The third kappa shape index (κ3) is 2.10. The third-order valence-electron chi connectivity index (χ3n) is 2.23. The second-order valence-electron chi connectivity index (χ2n) is 3.31. The minimum Gasteiger partial charge on any atom is -0.379 e. The lowest BCUT2D eigenvalue weighted by molar-refractivity contribution is -0.141. The minimum atomic E-state index is -4.45. The maximum absolute atomic E-state index is 12.3. The third-order valence-corrected chi connectivity index (χ3v) is 2.51. The van der Waals surface area contributed by atoms with Gasteiger partial charge in [0.05, 0.1) is 12.6 Å². The van der Waals surface area contributed by atoms with Crippen LogP contribution in [-0.2, 0) is 10.9 Å². The van der Waals surface area contributed by atoms with Gasteiger partial charge in [-0.3, -0.25) is 0 Å². The molecule has 0 saturated carbocycles. The highest BCUT2D eigenvalue weighted by atomic mass is 35.5. The highest BCUT2D eigenvalue weighted by Gasteiger charge is 2.36. The van der Waals surface area contributed by atoms with E-state index in [2.05, 4.69) is 5.10 Å². The second kappa shape index (κ2) is 3.68. The maximum Gasteiger partial charge on any atom is 0.435 e. The zero-order chi connectivity index (χ0) is 11.1. The number of nitrogens with zero attached hydrogens (tertiary/aromatic N) is 2. The van der Waals surface area contributed by atoms with Gasteiger partial charge in [0, 0.05) is 12.7 Å². The first-order chi connectivity index (χ1) is 6.98. The van der Waals surface area contributed by atoms with Crippen LogP contribution in [0.1, 0.15) is 18.2 Å². The fraction of sp³-hybridized carbons (Fsp3) is 0.625. The Hall–Kier alpha value is -0.750. The van der Waals surface area contributed by atoms with Crippen molar-refractivity contribution in [2.75, 3.05) is 13.2 Å². The number of rotatable bonds is 1. The fourth-order valence-electron chi connectivity index (χ4n) is 1.48. The molecule has 0 bridgehead atoms. The Labute approximate surface area is 88.8 Å². The minimum absolute atomic E-state index is 0.00201. The zero-order valence-corrected chi connectivity index (χ0v) is 8.35. The number of ether oxygens (including phenoxy) is 1. The summed E-state index contributed by atoms with van der Waals surface area (Å²) >= 11 is 5.68. The van der Waals surface area contributed by atoms with Crippen molar-refractivity contribution in [3.05, 3.63) is 16.9 Å². The molecule has 15 heavy (non-hydrogen) atoms. The van der Waals surface area contributed by atoms with Crippen LogP contribution < -0.4 is 0 Å². The SMILES string of the molecule is FC(F)(F)c1cc(Cl)n(C2CCOC2)n1. The fourth-order valence-corrected chi connectivity index (χ4v) is 1.76. The van der Waals surface area contributed by atoms with Crippen molar-refractivity contribution >= 4 is 11.6 Å². The first kappa shape index (κ1) is 10.8. The lowest BCUT2D eigenvalue weighted by Gasteiger charge is -2.09. The maximum atomic E-state index is 12.3. The van der Waals surface area contributed by atoms with Crippen molar-refractivity contribution < 1.29 is 17.9 Å². The standard InChI is InChI=1S/C8H8ClF3N2O/c9-7-3-6(8(10,11)12)13-14(7)5-1-2-15-4-5/h3,5H,1-2,4H2. The summed E-state index contributed by atoms with van der Waals surface area (Å²) in [6.07, 6.45) is -3.81. The van der Waals surface area contributed by atoms with Crippen molar-refractivity contribution in [3.8, 4) is 0 Å². The predicted octanol–water partition coefficient (Wildman–Crippen LogP) is 2.52. The van der Waals surface area contributed by atoms with E-state index in [-0.39, 0.29) is 11.2 Å². The Kier molecular flexibility index (Phi) is 2.64. The number of halogens is 4. The molecular formula is C8H8ClF3N2O. The summed E-state index contributed by atoms with van der Waals surface area (Å²) in [6, 6.07) is 0.647. The van der Waals surface area contributed by atoms with Crippen LogP contribution in [0.4, 0.5) is 13.2 Å². The topological polar surface area (TPSA) is 27.1 Å². The molecule has 0 amide bonds. The first-order valence-electron chi connectivity index (χ1n) is 4.38. The monoisotopic (exact) mass is 240 g/mol. The Morgan fingerprint density at radius 3 is 2.73 bits per heavy atom. The quantitative estimate of drug-likeness (QED) is 0.754. The van der Waals surface area contributed by atoms with Crippen LogP contribution in [0.2, 0.25) is 5.15 Å². The summed E-state index contributed by atoms with van der Waals surface area (Å²) in [5.41, 5.74) is -0.959. The number of hydrogen-bond donors (Lipinski definition) is 0. The van der Waals surface area contributed by atoms with E-state index in [1.165, 1.54) is 4.68 Å². The van der Waals surface area contributed by atoms with E-state index in [1.54, 1.807) is 0 Å². The van der Waals surface area contributed by atoms with Gasteiger partial charge in [0.25, 0.3) is 0 Å². The average molecular weight is 241 g/mol. The van der Waals surface area contributed by atoms with Gasteiger partial charge in [-0.1, -0.05) is 11.6 Å². The Morgan fingerprint density at radius 2 is 2.27 bits per heavy atom. The molecule has 3 nitrogen and oxygen atoms in total. The molecule has 2 rings (SSSR count). The summed E-state index contributed by atoms with van der Waals surface area (Å²) in [7, 11) is 0. The number of aromatic nitrogens is 2. The first-order valence-corrected chi connectivity index (χ1v) is 4.76. The van der Waals surface area contributed by atoms with Gasteiger partial charge in [0.2, 0.25) is 0 Å².